The van der Waals surface area contributed by atoms with Gasteiger partial charge in [-0.3, -0.25) is 4.79 Å². The van der Waals surface area contributed by atoms with Crippen LogP contribution in [0.2, 0.25) is 0 Å². The van der Waals surface area contributed by atoms with Gasteiger partial charge in [0, 0.05) is 11.8 Å². The van der Waals surface area contributed by atoms with Crippen molar-refractivity contribution in [3.05, 3.63) is 53.7 Å². The Labute approximate surface area is 140 Å². The lowest BCUT2D eigenvalue weighted by molar-refractivity contribution is 0.00704. The van der Waals surface area contributed by atoms with Crippen molar-refractivity contribution in [2.75, 3.05) is 12.4 Å². The summed E-state index contributed by atoms with van der Waals surface area (Å²) in [6.45, 7) is 5.32. The first-order valence-electron chi connectivity index (χ1n) is 7.44. The van der Waals surface area contributed by atoms with Gasteiger partial charge in [-0.25, -0.2) is 9.78 Å². The van der Waals surface area contributed by atoms with E-state index in [4.69, 9.17) is 9.47 Å². The Balaban J connectivity index is 2.20. The monoisotopic (exact) mass is 328 g/mol. The third kappa shape index (κ3) is 4.55. The molecule has 2 aromatic rings. The molecule has 0 spiro atoms. The number of ether oxygens (including phenoxy) is 2. The summed E-state index contributed by atoms with van der Waals surface area (Å²) in [5, 5.41) is 2.64. The molecule has 1 heterocycles. The van der Waals surface area contributed by atoms with Crippen LogP contribution >= 0.6 is 0 Å². The molecule has 2 rings (SSSR count). The van der Waals surface area contributed by atoms with Crippen LogP contribution in [0.1, 0.15) is 41.5 Å². The second-order valence-electron chi connectivity index (χ2n) is 6.08. The van der Waals surface area contributed by atoms with Crippen molar-refractivity contribution in [3.63, 3.8) is 0 Å². The lowest BCUT2D eigenvalue weighted by Crippen LogP contribution is -2.25. The number of anilines is 1. The van der Waals surface area contributed by atoms with E-state index >= 15 is 0 Å². The Morgan fingerprint density at radius 3 is 2.33 bits per heavy atom. The molecule has 0 aliphatic rings. The van der Waals surface area contributed by atoms with Gasteiger partial charge in [0.05, 0.1) is 7.11 Å². The molecule has 0 atom stereocenters. The zero-order valence-electron chi connectivity index (χ0n) is 14.1. The Morgan fingerprint density at radius 1 is 1.08 bits per heavy atom. The molecule has 1 amide bonds. The van der Waals surface area contributed by atoms with Crippen molar-refractivity contribution in [1.82, 2.24) is 4.98 Å². The molecule has 0 bridgehead atoms. The highest BCUT2D eigenvalue weighted by Crippen LogP contribution is 2.19. The first-order valence-corrected chi connectivity index (χ1v) is 7.44. The third-order valence-electron chi connectivity index (χ3n) is 3.01. The summed E-state index contributed by atoms with van der Waals surface area (Å²) >= 11 is 0. The minimum absolute atomic E-state index is 0.160. The van der Waals surface area contributed by atoms with Gasteiger partial charge in [0.25, 0.3) is 5.91 Å². The minimum Gasteiger partial charge on any atom is -0.497 e. The number of nitrogens with one attached hydrogen (secondary N) is 1. The van der Waals surface area contributed by atoms with Gasteiger partial charge >= 0.3 is 5.97 Å². The molecular weight excluding hydrogens is 308 g/mol. The molecule has 0 unspecified atom stereocenters. The number of pyridine rings is 1. The number of methoxy groups -OCH3 is 1. The number of aromatic nitrogens is 1. The van der Waals surface area contributed by atoms with Gasteiger partial charge < -0.3 is 14.8 Å². The number of esters is 1. The normalized spacial score (nSPS) is 10.8. The molecule has 0 saturated heterocycles. The molecule has 6 heteroatoms. The van der Waals surface area contributed by atoms with Crippen molar-refractivity contribution in [2.24, 2.45) is 0 Å². The maximum atomic E-state index is 12.3. The summed E-state index contributed by atoms with van der Waals surface area (Å²) in [4.78, 5) is 28.7. The van der Waals surface area contributed by atoms with E-state index in [0.717, 1.165) is 0 Å². The van der Waals surface area contributed by atoms with E-state index in [-0.39, 0.29) is 17.3 Å². The fourth-order valence-electron chi connectivity index (χ4n) is 1.92. The van der Waals surface area contributed by atoms with Crippen molar-refractivity contribution in [3.8, 4) is 5.75 Å². The number of carbonyl (C=O) groups excluding carboxylic acids is 2. The Kier molecular flexibility index (Phi) is 5.18. The standard InChI is InChI=1S/C18H20N2O4/c1-18(2,3)24-17(22)14-6-5-11-19-15(14)20-16(21)12-7-9-13(23-4)10-8-12/h5-11H,1-4H3,(H,19,20,21). The number of hydrogen-bond donors (Lipinski definition) is 1. The molecule has 0 fully saturated rings. The van der Waals surface area contributed by atoms with Gasteiger partial charge in [-0.2, -0.15) is 0 Å². The van der Waals surface area contributed by atoms with E-state index in [2.05, 4.69) is 10.3 Å². The van der Waals surface area contributed by atoms with Gasteiger partial charge in [0.1, 0.15) is 22.7 Å². The van der Waals surface area contributed by atoms with Crippen molar-refractivity contribution in [2.45, 2.75) is 26.4 Å². The van der Waals surface area contributed by atoms with Crippen LogP contribution in [0.25, 0.3) is 0 Å². The highest BCUT2D eigenvalue weighted by atomic mass is 16.6. The summed E-state index contributed by atoms with van der Waals surface area (Å²) in [6.07, 6.45) is 1.50. The van der Waals surface area contributed by atoms with Crippen LogP contribution in [-0.2, 0) is 4.74 Å². The van der Waals surface area contributed by atoms with Crippen molar-refractivity contribution >= 4 is 17.7 Å². The molecule has 1 aromatic carbocycles. The summed E-state index contributed by atoms with van der Waals surface area (Å²) in [6, 6.07) is 9.80. The average molecular weight is 328 g/mol. The van der Waals surface area contributed by atoms with E-state index < -0.39 is 11.6 Å². The number of amides is 1. The minimum atomic E-state index is -0.635. The number of benzene rings is 1. The van der Waals surface area contributed by atoms with Crippen LogP contribution in [0.3, 0.4) is 0 Å². The SMILES string of the molecule is COc1ccc(C(=O)Nc2ncccc2C(=O)OC(C)(C)C)cc1. The van der Waals surface area contributed by atoms with Gasteiger partial charge in [-0.05, 0) is 57.2 Å². The van der Waals surface area contributed by atoms with Gasteiger partial charge in [-0.15, -0.1) is 0 Å². The lowest BCUT2D eigenvalue weighted by atomic mass is 10.1. The first-order chi connectivity index (χ1) is 11.3. The van der Waals surface area contributed by atoms with Crippen LogP contribution in [-0.4, -0.2) is 29.6 Å². The Bertz CT molecular complexity index is 733. The molecule has 126 valence electrons. The maximum absolute atomic E-state index is 12.3. The zero-order valence-corrected chi connectivity index (χ0v) is 14.1. The maximum Gasteiger partial charge on any atom is 0.342 e. The fourth-order valence-corrected chi connectivity index (χ4v) is 1.92. The van der Waals surface area contributed by atoms with Crippen LogP contribution in [0, 0.1) is 0 Å². The number of rotatable bonds is 4. The smallest absolute Gasteiger partial charge is 0.342 e. The molecule has 0 aliphatic carbocycles. The summed E-state index contributed by atoms with van der Waals surface area (Å²) in [7, 11) is 1.55. The van der Waals surface area contributed by atoms with Crippen LogP contribution in [0.5, 0.6) is 5.75 Å². The van der Waals surface area contributed by atoms with Gasteiger partial charge in [-0.1, -0.05) is 0 Å². The Hall–Kier alpha value is -2.89. The molecule has 6 nitrogen and oxygen atoms in total. The van der Waals surface area contributed by atoms with E-state index in [0.29, 0.717) is 11.3 Å². The number of hydrogen-bond acceptors (Lipinski definition) is 5. The molecule has 24 heavy (non-hydrogen) atoms. The summed E-state index contributed by atoms with van der Waals surface area (Å²) in [5.41, 5.74) is -0.00429. The zero-order chi connectivity index (χ0) is 17.7. The van der Waals surface area contributed by atoms with E-state index in [1.54, 1.807) is 64.3 Å². The lowest BCUT2D eigenvalue weighted by Gasteiger charge is -2.20. The largest absolute Gasteiger partial charge is 0.497 e. The van der Waals surface area contributed by atoms with Crippen molar-refractivity contribution in [1.29, 1.82) is 0 Å². The number of nitrogens with zero attached hydrogens (tertiary/aromatic N) is 1. The predicted octanol–water partition coefficient (Wildman–Crippen LogP) is 3.30. The van der Waals surface area contributed by atoms with Crippen LogP contribution < -0.4 is 10.1 Å². The van der Waals surface area contributed by atoms with Gasteiger partial charge in [0.15, 0.2) is 0 Å². The van der Waals surface area contributed by atoms with E-state index in [1.807, 2.05) is 0 Å². The molecular formula is C18H20N2O4. The highest BCUT2D eigenvalue weighted by Gasteiger charge is 2.22. The fraction of sp³-hybridized carbons (Fsp3) is 0.278. The van der Waals surface area contributed by atoms with Gasteiger partial charge in [0.2, 0.25) is 0 Å². The summed E-state index contributed by atoms with van der Waals surface area (Å²) in [5.74, 6) is -0.104. The second kappa shape index (κ2) is 7.12. The number of carbonyl (C=O) groups is 2. The van der Waals surface area contributed by atoms with Crippen molar-refractivity contribution < 1.29 is 19.1 Å². The van der Waals surface area contributed by atoms with E-state index in [1.165, 1.54) is 6.20 Å². The second-order valence-corrected chi connectivity index (χ2v) is 6.08. The predicted molar refractivity (Wildman–Crippen MR) is 90.4 cm³/mol. The molecule has 0 saturated carbocycles. The molecule has 0 aliphatic heterocycles. The molecule has 1 aromatic heterocycles. The molecule has 0 radical (unpaired) electrons. The third-order valence-corrected chi connectivity index (χ3v) is 3.01. The Morgan fingerprint density at radius 2 is 1.75 bits per heavy atom. The highest BCUT2D eigenvalue weighted by molar-refractivity contribution is 6.07. The average Bonchev–Trinajstić information content (AvgIpc) is 2.53. The van der Waals surface area contributed by atoms with E-state index in [9.17, 15) is 9.59 Å². The van der Waals surface area contributed by atoms with Crippen LogP contribution in [0.15, 0.2) is 42.6 Å². The van der Waals surface area contributed by atoms with Crippen LogP contribution in [0.4, 0.5) is 5.82 Å². The topological polar surface area (TPSA) is 77.5 Å². The quantitative estimate of drug-likeness (QED) is 0.871. The first kappa shape index (κ1) is 17.5. The summed E-state index contributed by atoms with van der Waals surface area (Å²) < 4.78 is 10.4. The molecule has 1 N–H and O–H groups in total.